The zero-order valence-corrected chi connectivity index (χ0v) is 12.7. The second kappa shape index (κ2) is 7.62. The van der Waals surface area contributed by atoms with Gasteiger partial charge in [-0.15, -0.1) is 0 Å². The molecule has 1 aliphatic rings. The first kappa shape index (κ1) is 14.6. The third kappa shape index (κ3) is 4.58. The molecule has 0 atom stereocenters. The van der Waals surface area contributed by atoms with Gasteiger partial charge < -0.3 is 9.47 Å². The highest BCUT2D eigenvalue weighted by Crippen LogP contribution is 2.45. The molecule has 2 rings (SSSR count). The third-order valence-electron chi connectivity index (χ3n) is 3.03. The van der Waals surface area contributed by atoms with E-state index < -0.39 is 11.4 Å². The largest absolute Gasteiger partial charge is 0.466 e. The lowest BCUT2D eigenvalue weighted by molar-refractivity contribution is -0.385. The van der Waals surface area contributed by atoms with Crippen molar-refractivity contribution in [1.82, 2.24) is 4.98 Å². The van der Waals surface area contributed by atoms with Crippen molar-refractivity contribution < 1.29 is 20.6 Å². The number of nitrogens with zero attached hydrogens (tertiary/aromatic N) is 2. The summed E-state index contributed by atoms with van der Waals surface area (Å²) in [4.78, 5) is 24.9. The molecule has 0 unspecified atom stereocenters. The summed E-state index contributed by atoms with van der Waals surface area (Å²) < 4.78 is 16.7. The summed E-state index contributed by atoms with van der Waals surface area (Å²) in [5.74, 6) is 0. The van der Waals surface area contributed by atoms with Gasteiger partial charge in [0.05, 0.1) is 9.67 Å². The van der Waals surface area contributed by atoms with E-state index in [4.69, 9.17) is 10.8 Å². The summed E-state index contributed by atoms with van der Waals surface area (Å²) in [7, 11) is 2.87. The molecule has 9 heteroatoms. The highest BCUT2D eigenvalue weighted by Gasteiger charge is 2.35. The number of hydrogen-bond donors (Lipinski definition) is 0. The quantitative estimate of drug-likeness (QED) is 0.340. The molecule has 21 heavy (non-hydrogen) atoms. The molecule has 1 aliphatic heterocycles. The summed E-state index contributed by atoms with van der Waals surface area (Å²) in [5.41, 5.74) is -0.0572. The highest BCUT2D eigenvalue weighted by atomic mass is 33.1. The molecule has 1 aromatic heterocycles. The fourth-order valence-electron chi connectivity index (χ4n) is 1.82. The summed E-state index contributed by atoms with van der Waals surface area (Å²) in [6.07, 6.45) is 1.56. The van der Waals surface area contributed by atoms with Crippen molar-refractivity contribution in [2.24, 2.45) is 0 Å². The second-order valence-corrected chi connectivity index (χ2v) is 7.06. The van der Waals surface area contributed by atoms with E-state index in [-0.39, 0.29) is 17.0 Å². The van der Waals surface area contributed by atoms with Gasteiger partial charge in [0, 0.05) is 19.3 Å². The standard InChI is InChI=1S/C12H14N2O5S2/c15-9-19-8-12(3-5-18-6-4-12)21-20-11-2-1-10(7-13-11)14(16)17/h1-2,7,9H,3-6,8H2/i9D. The Morgan fingerprint density at radius 1 is 1.57 bits per heavy atom. The van der Waals surface area contributed by atoms with Crippen LogP contribution in [0.1, 0.15) is 14.2 Å². The van der Waals surface area contributed by atoms with Gasteiger partial charge in [0.25, 0.3) is 12.1 Å². The van der Waals surface area contributed by atoms with E-state index in [1.807, 2.05) is 0 Å². The first-order valence-corrected chi connectivity index (χ1v) is 8.33. The molecule has 0 radical (unpaired) electrons. The van der Waals surface area contributed by atoms with Crippen LogP contribution in [0, 0.1) is 10.1 Å². The Morgan fingerprint density at radius 2 is 2.33 bits per heavy atom. The Morgan fingerprint density at radius 3 is 2.90 bits per heavy atom. The van der Waals surface area contributed by atoms with Gasteiger partial charge in [-0.1, -0.05) is 10.8 Å². The second-order valence-electron chi connectivity index (χ2n) is 4.45. The van der Waals surface area contributed by atoms with E-state index in [1.165, 1.54) is 33.9 Å². The smallest absolute Gasteiger partial charge is 0.293 e. The minimum atomic E-state index is -1.05. The van der Waals surface area contributed by atoms with Crippen LogP contribution in [0.5, 0.6) is 0 Å². The van der Waals surface area contributed by atoms with Crippen molar-refractivity contribution in [2.75, 3.05) is 19.8 Å². The molecule has 0 spiro atoms. The number of carbonyl (C=O) groups is 1. The predicted molar refractivity (Wildman–Crippen MR) is 79.1 cm³/mol. The molecule has 2 heterocycles. The molecule has 1 fully saturated rings. The lowest BCUT2D eigenvalue weighted by Gasteiger charge is -2.34. The maximum atomic E-state index is 10.7. The molecule has 1 saturated heterocycles. The summed E-state index contributed by atoms with van der Waals surface area (Å²) in [5, 5.41) is 11.2. The molecular weight excluding hydrogens is 316 g/mol. The zero-order chi connectivity index (χ0) is 16.0. The Bertz CT molecular complexity index is 537. The van der Waals surface area contributed by atoms with Crippen LogP contribution in [0.4, 0.5) is 5.69 Å². The fourth-order valence-corrected chi connectivity index (χ4v) is 4.47. The van der Waals surface area contributed by atoms with Gasteiger partial charge in [-0.3, -0.25) is 14.9 Å². The number of hydrogen-bond acceptors (Lipinski definition) is 8. The van der Waals surface area contributed by atoms with E-state index >= 15 is 0 Å². The van der Waals surface area contributed by atoms with Gasteiger partial charge in [0.1, 0.15) is 17.8 Å². The summed E-state index contributed by atoms with van der Waals surface area (Å²) >= 11 is 0. The van der Waals surface area contributed by atoms with E-state index in [1.54, 1.807) is 6.07 Å². The molecule has 0 bridgehead atoms. The molecule has 114 valence electrons. The summed E-state index contributed by atoms with van der Waals surface area (Å²) in [6.45, 7) is 1.27. The monoisotopic (exact) mass is 331 g/mol. The Balaban J connectivity index is 1.98. The molecule has 0 aliphatic carbocycles. The van der Waals surface area contributed by atoms with Gasteiger partial charge in [0.2, 0.25) is 0 Å². The lowest BCUT2D eigenvalue weighted by Crippen LogP contribution is -2.37. The predicted octanol–water partition coefficient (Wildman–Crippen LogP) is 2.45. The van der Waals surface area contributed by atoms with Crippen molar-refractivity contribution in [1.29, 1.82) is 0 Å². The summed E-state index contributed by atoms with van der Waals surface area (Å²) in [6, 6.07) is 2.98. The lowest BCUT2D eigenvalue weighted by atomic mass is 10.0. The minimum absolute atomic E-state index is 0.0572. The van der Waals surface area contributed by atoms with Gasteiger partial charge >= 0.3 is 0 Å². The van der Waals surface area contributed by atoms with Crippen LogP contribution in [0.25, 0.3) is 0 Å². The van der Waals surface area contributed by atoms with Crippen LogP contribution < -0.4 is 0 Å². The number of rotatable bonds is 6. The van der Waals surface area contributed by atoms with E-state index in [0.717, 1.165) is 0 Å². The van der Waals surface area contributed by atoms with Gasteiger partial charge in [-0.2, -0.15) is 0 Å². The molecule has 0 saturated carbocycles. The average molecular weight is 331 g/mol. The molecule has 1 aromatic rings. The number of aromatic nitrogens is 1. The topological polar surface area (TPSA) is 91.6 Å². The number of ether oxygens (including phenoxy) is 2. The van der Waals surface area contributed by atoms with Crippen molar-refractivity contribution in [3.8, 4) is 0 Å². The average Bonchev–Trinajstić information content (AvgIpc) is 2.52. The highest BCUT2D eigenvalue weighted by molar-refractivity contribution is 8.77. The normalized spacial score (nSPS) is 17.8. The Kier molecular flexibility index (Phi) is 5.30. The van der Waals surface area contributed by atoms with Crippen molar-refractivity contribution >= 4 is 33.7 Å². The first-order chi connectivity index (χ1) is 10.5. The maximum Gasteiger partial charge on any atom is 0.293 e. The number of nitro groups is 1. The van der Waals surface area contributed by atoms with Crippen LogP contribution in [0.3, 0.4) is 0 Å². The van der Waals surface area contributed by atoms with Crippen molar-refractivity contribution in [3.05, 3.63) is 28.4 Å². The van der Waals surface area contributed by atoms with E-state index in [9.17, 15) is 14.9 Å². The zero-order valence-electron chi connectivity index (χ0n) is 12.0. The first-order valence-electron chi connectivity index (χ1n) is 6.68. The van der Waals surface area contributed by atoms with Crippen LogP contribution in [0.15, 0.2) is 23.4 Å². The van der Waals surface area contributed by atoms with E-state index in [0.29, 0.717) is 31.1 Å². The fraction of sp³-hybridized carbons (Fsp3) is 0.500. The van der Waals surface area contributed by atoms with Crippen molar-refractivity contribution in [2.45, 2.75) is 22.6 Å². The maximum absolute atomic E-state index is 10.7. The minimum Gasteiger partial charge on any atom is -0.466 e. The molecule has 0 N–H and O–H groups in total. The molecule has 0 amide bonds. The Labute approximate surface area is 130 Å². The SMILES string of the molecule is [2H]C(=O)OCC1(SSc2ccc([N+](=O)[O-])cn2)CCOCC1. The molecule has 7 nitrogen and oxygen atoms in total. The van der Waals surface area contributed by atoms with Crippen LogP contribution in [-0.4, -0.2) is 40.9 Å². The van der Waals surface area contributed by atoms with Crippen LogP contribution in [-0.2, 0) is 14.3 Å². The number of pyridine rings is 1. The molecule has 0 aromatic carbocycles. The van der Waals surface area contributed by atoms with Crippen molar-refractivity contribution in [3.63, 3.8) is 0 Å². The third-order valence-corrected chi connectivity index (χ3v) is 6.23. The van der Waals surface area contributed by atoms with E-state index in [2.05, 4.69) is 4.98 Å². The molecular formula is C12H14N2O5S2. The van der Waals surface area contributed by atoms with Gasteiger partial charge in [-0.25, -0.2) is 4.98 Å². The van der Waals surface area contributed by atoms with Gasteiger partial charge in [0.15, 0.2) is 1.37 Å². The van der Waals surface area contributed by atoms with Gasteiger partial charge in [-0.05, 0) is 29.7 Å². The Hall–Kier alpha value is -1.32. The number of carbonyl (C=O) groups excluding carboxylic acids is 1. The van der Waals surface area contributed by atoms with Crippen LogP contribution in [0.2, 0.25) is 0 Å². The van der Waals surface area contributed by atoms with Crippen LogP contribution >= 0.6 is 21.6 Å².